The number of carboxylic acid groups (broad SMARTS) is 1. The lowest BCUT2D eigenvalue weighted by atomic mass is 10.1. The first-order valence-corrected chi connectivity index (χ1v) is 5.62. The zero-order valence-corrected chi connectivity index (χ0v) is 9.90. The maximum absolute atomic E-state index is 11.8. The third-order valence-electron chi connectivity index (χ3n) is 2.62. The van der Waals surface area contributed by atoms with Crippen LogP contribution in [0, 0.1) is 0 Å². The summed E-state index contributed by atoms with van der Waals surface area (Å²) in [5.74, 6) is -1.50. The molecule has 0 bridgehead atoms. The lowest BCUT2D eigenvalue weighted by Gasteiger charge is -2.02. The summed E-state index contributed by atoms with van der Waals surface area (Å²) in [4.78, 5) is 25.6. The van der Waals surface area contributed by atoms with E-state index in [1.807, 2.05) is 6.07 Å². The molecule has 94 valence electrons. The number of carbonyl (C=O) groups excluding carboxylic acids is 1. The van der Waals surface area contributed by atoms with Crippen LogP contribution in [0.4, 0.5) is 0 Å². The molecule has 5 heteroatoms. The van der Waals surface area contributed by atoms with E-state index in [0.29, 0.717) is 5.56 Å². The number of aromatic nitrogens is 1. The maximum Gasteiger partial charge on any atom is 0.355 e. The molecule has 0 aliphatic heterocycles. The van der Waals surface area contributed by atoms with Gasteiger partial charge in [-0.1, -0.05) is 18.2 Å². The van der Waals surface area contributed by atoms with Gasteiger partial charge in [0, 0.05) is 16.5 Å². The molecule has 0 saturated heterocycles. The summed E-state index contributed by atoms with van der Waals surface area (Å²) in [6.45, 7) is 1.96. The van der Waals surface area contributed by atoms with Crippen LogP contribution in [0.15, 0.2) is 24.3 Å². The summed E-state index contributed by atoms with van der Waals surface area (Å²) in [5.41, 5.74) is 1.42. The van der Waals surface area contributed by atoms with Gasteiger partial charge in [0.1, 0.15) is 5.69 Å². The number of esters is 1. The van der Waals surface area contributed by atoms with Gasteiger partial charge in [-0.25, -0.2) is 4.79 Å². The first-order valence-electron chi connectivity index (χ1n) is 5.62. The molecule has 0 fully saturated rings. The fraction of sp³-hybridized carbons (Fsp3) is 0.231. The van der Waals surface area contributed by atoms with Crippen molar-refractivity contribution in [2.45, 2.75) is 13.3 Å². The van der Waals surface area contributed by atoms with Gasteiger partial charge in [-0.05, 0) is 13.0 Å². The van der Waals surface area contributed by atoms with Gasteiger partial charge in [-0.15, -0.1) is 0 Å². The van der Waals surface area contributed by atoms with E-state index in [2.05, 4.69) is 4.98 Å². The predicted molar refractivity (Wildman–Crippen MR) is 65.6 cm³/mol. The molecule has 0 aliphatic carbocycles. The molecule has 1 aromatic heterocycles. The van der Waals surface area contributed by atoms with E-state index in [1.165, 1.54) is 0 Å². The van der Waals surface area contributed by atoms with Gasteiger partial charge >= 0.3 is 11.9 Å². The minimum Gasteiger partial charge on any atom is -0.481 e. The molecule has 0 saturated carbocycles. The van der Waals surface area contributed by atoms with Crippen LogP contribution in [0.3, 0.4) is 0 Å². The highest BCUT2D eigenvalue weighted by Gasteiger charge is 2.20. The topological polar surface area (TPSA) is 79.4 Å². The highest BCUT2D eigenvalue weighted by atomic mass is 16.5. The van der Waals surface area contributed by atoms with Crippen LogP contribution in [0.25, 0.3) is 10.9 Å². The molecule has 0 radical (unpaired) electrons. The summed E-state index contributed by atoms with van der Waals surface area (Å²) in [5, 5.41) is 9.65. The van der Waals surface area contributed by atoms with Crippen LogP contribution in [0.2, 0.25) is 0 Å². The summed E-state index contributed by atoms with van der Waals surface area (Å²) >= 11 is 0. The number of aromatic amines is 1. The monoisotopic (exact) mass is 247 g/mol. The number of carboxylic acids is 1. The Morgan fingerprint density at radius 2 is 2.06 bits per heavy atom. The molecular weight excluding hydrogens is 234 g/mol. The number of hydrogen-bond donors (Lipinski definition) is 2. The van der Waals surface area contributed by atoms with Gasteiger partial charge in [0.15, 0.2) is 0 Å². The Bertz CT molecular complexity index is 600. The average Bonchev–Trinajstić information content (AvgIpc) is 2.68. The Balaban J connectivity index is 2.56. The molecule has 2 N–H and O–H groups in total. The lowest BCUT2D eigenvalue weighted by Crippen LogP contribution is -2.10. The number of H-pyrrole nitrogens is 1. The van der Waals surface area contributed by atoms with Crippen molar-refractivity contribution in [3.05, 3.63) is 35.5 Å². The fourth-order valence-corrected chi connectivity index (χ4v) is 1.91. The van der Waals surface area contributed by atoms with Crippen LogP contribution in [0.1, 0.15) is 23.0 Å². The van der Waals surface area contributed by atoms with E-state index in [0.717, 1.165) is 10.9 Å². The second-order valence-electron chi connectivity index (χ2n) is 3.82. The number of carbonyl (C=O) groups is 2. The van der Waals surface area contributed by atoms with Gasteiger partial charge in [0.25, 0.3) is 0 Å². The van der Waals surface area contributed by atoms with Crippen molar-refractivity contribution in [3.63, 3.8) is 0 Å². The number of fused-ring (bicyclic) bond motifs is 1. The number of para-hydroxylation sites is 1. The van der Waals surface area contributed by atoms with E-state index in [4.69, 9.17) is 9.84 Å². The van der Waals surface area contributed by atoms with Crippen LogP contribution < -0.4 is 0 Å². The molecule has 2 aromatic rings. The number of hydrogen-bond acceptors (Lipinski definition) is 3. The predicted octanol–water partition coefficient (Wildman–Crippen LogP) is 1.97. The zero-order chi connectivity index (χ0) is 13.1. The highest BCUT2D eigenvalue weighted by Crippen LogP contribution is 2.23. The summed E-state index contributed by atoms with van der Waals surface area (Å²) < 4.78 is 4.92. The Kier molecular flexibility index (Phi) is 3.32. The van der Waals surface area contributed by atoms with E-state index in [-0.39, 0.29) is 18.7 Å². The van der Waals surface area contributed by atoms with Crippen molar-refractivity contribution in [1.82, 2.24) is 4.98 Å². The Morgan fingerprint density at radius 3 is 2.72 bits per heavy atom. The Morgan fingerprint density at radius 1 is 1.33 bits per heavy atom. The fourth-order valence-electron chi connectivity index (χ4n) is 1.91. The molecule has 2 rings (SSSR count). The zero-order valence-electron chi connectivity index (χ0n) is 9.90. The van der Waals surface area contributed by atoms with Crippen molar-refractivity contribution < 1.29 is 19.4 Å². The molecule has 18 heavy (non-hydrogen) atoms. The smallest absolute Gasteiger partial charge is 0.355 e. The molecule has 0 spiro atoms. The number of benzene rings is 1. The normalized spacial score (nSPS) is 10.5. The molecule has 0 amide bonds. The molecule has 5 nitrogen and oxygen atoms in total. The Labute approximate surface area is 103 Å². The Hall–Kier alpha value is -2.30. The molecular formula is C13H13NO4. The molecule has 0 atom stereocenters. The lowest BCUT2D eigenvalue weighted by molar-refractivity contribution is -0.136. The second-order valence-corrected chi connectivity index (χ2v) is 3.82. The van der Waals surface area contributed by atoms with Gasteiger partial charge in [0.2, 0.25) is 0 Å². The van der Waals surface area contributed by atoms with E-state index in [9.17, 15) is 9.59 Å². The highest BCUT2D eigenvalue weighted by molar-refractivity contribution is 6.00. The third kappa shape index (κ3) is 2.20. The molecule has 0 aliphatic rings. The van der Waals surface area contributed by atoms with E-state index in [1.54, 1.807) is 25.1 Å². The van der Waals surface area contributed by atoms with E-state index >= 15 is 0 Å². The number of nitrogens with one attached hydrogen (secondary N) is 1. The summed E-state index contributed by atoms with van der Waals surface area (Å²) in [7, 11) is 0. The van der Waals surface area contributed by atoms with Gasteiger partial charge in [0.05, 0.1) is 13.0 Å². The SMILES string of the molecule is CCOC(=O)c1[nH]c2ccccc2c1CC(=O)O. The van der Waals surface area contributed by atoms with Crippen LogP contribution in [0.5, 0.6) is 0 Å². The minimum absolute atomic E-state index is 0.210. The standard InChI is InChI=1S/C13H13NO4/c1-2-18-13(17)12-9(7-11(15)16)8-5-3-4-6-10(8)14-12/h3-6,14H,2,7H2,1H3,(H,15,16). The quantitative estimate of drug-likeness (QED) is 0.809. The van der Waals surface area contributed by atoms with Gasteiger partial charge in [-0.3, -0.25) is 4.79 Å². The summed E-state index contributed by atoms with van der Waals surface area (Å²) in [6, 6.07) is 7.20. The van der Waals surface area contributed by atoms with Crippen molar-refractivity contribution >= 4 is 22.8 Å². The largest absolute Gasteiger partial charge is 0.481 e. The third-order valence-corrected chi connectivity index (χ3v) is 2.62. The van der Waals surface area contributed by atoms with Crippen LogP contribution in [-0.2, 0) is 16.0 Å². The maximum atomic E-state index is 11.8. The number of rotatable bonds is 4. The summed E-state index contributed by atoms with van der Waals surface area (Å²) in [6.07, 6.45) is -0.210. The molecule has 1 heterocycles. The van der Waals surface area contributed by atoms with Crippen molar-refractivity contribution in [2.75, 3.05) is 6.61 Å². The first kappa shape index (κ1) is 12.2. The van der Waals surface area contributed by atoms with Crippen molar-refractivity contribution in [2.24, 2.45) is 0 Å². The number of ether oxygens (including phenoxy) is 1. The van der Waals surface area contributed by atoms with Crippen LogP contribution in [-0.4, -0.2) is 28.6 Å². The van der Waals surface area contributed by atoms with E-state index < -0.39 is 11.9 Å². The molecule has 1 aromatic carbocycles. The number of aliphatic carboxylic acids is 1. The molecule has 0 unspecified atom stereocenters. The first-order chi connectivity index (χ1) is 8.63. The van der Waals surface area contributed by atoms with Gasteiger partial charge in [-0.2, -0.15) is 0 Å². The average molecular weight is 247 g/mol. The van der Waals surface area contributed by atoms with Crippen molar-refractivity contribution in [3.8, 4) is 0 Å². The minimum atomic E-state index is -0.981. The van der Waals surface area contributed by atoms with Crippen LogP contribution >= 0.6 is 0 Å². The van der Waals surface area contributed by atoms with Gasteiger partial charge < -0.3 is 14.8 Å². The van der Waals surface area contributed by atoms with Crippen molar-refractivity contribution in [1.29, 1.82) is 0 Å². The second kappa shape index (κ2) is 4.91.